The summed E-state index contributed by atoms with van der Waals surface area (Å²) in [5, 5.41) is 3.32. The summed E-state index contributed by atoms with van der Waals surface area (Å²) < 4.78 is 2.22. The molecule has 4 nitrogen and oxygen atoms in total. The summed E-state index contributed by atoms with van der Waals surface area (Å²) in [5.74, 6) is 0. The predicted molar refractivity (Wildman–Crippen MR) is 140 cm³/mol. The summed E-state index contributed by atoms with van der Waals surface area (Å²) in [5.41, 5.74) is 15.1. The van der Waals surface area contributed by atoms with E-state index in [2.05, 4.69) is 70.0 Å². The molecule has 162 valence electrons. The molecule has 0 unspecified atom stereocenters. The molecule has 0 amide bonds. The van der Waals surface area contributed by atoms with Crippen LogP contribution in [0, 0.1) is 0 Å². The molecule has 0 radical (unpaired) electrons. The van der Waals surface area contributed by atoms with E-state index in [1.54, 1.807) is 0 Å². The van der Waals surface area contributed by atoms with E-state index in [1.165, 1.54) is 44.5 Å². The largest absolute Gasteiger partial charge is 0.276 e. The van der Waals surface area contributed by atoms with E-state index in [4.69, 9.17) is 9.97 Å². The maximum absolute atomic E-state index is 5.25. The van der Waals surface area contributed by atoms with Crippen molar-refractivity contribution in [2.24, 2.45) is 0 Å². The third kappa shape index (κ3) is 2.15. The van der Waals surface area contributed by atoms with Crippen LogP contribution < -0.4 is 0 Å². The van der Waals surface area contributed by atoms with Gasteiger partial charge in [0, 0.05) is 35.8 Å². The summed E-state index contributed by atoms with van der Waals surface area (Å²) in [7, 11) is 0. The Kier molecular flexibility index (Phi) is 3.11. The van der Waals surface area contributed by atoms with Gasteiger partial charge in [-0.2, -0.15) is 0 Å². The molecule has 0 saturated heterocycles. The van der Waals surface area contributed by atoms with E-state index in [0.29, 0.717) is 0 Å². The van der Waals surface area contributed by atoms with Gasteiger partial charge in [-0.3, -0.25) is 9.38 Å². The van der Waals surface area contributed by atoms with Crippen LogP contribution in [0.15, 0.2) is 85.3 Å². The Labute approximate surface area is 200 Å². The molecule has 4 heteroatoms. The van der Waals surface area contributed by atoms with E-state index in [0.717, 1.165) is 51.3 Å². The quantitative estimate of drug-likeness (QED) is 0.243. The summed E-state index contributed by atoms with van der Waals surface area (Å²) in [6.07, 6.45) is 7.56. The Hall–Kier alpha value is -4.57. The van der Waals surface area contributed by atoms with Crippen LogP contribution in [-0.2, 0) is 12.8 Å². The second-order valence-corrected chi connectivity index (χ2v) is 9.70. The van der Waals surface area contributed by atoms with Crippen molar-refractivity contribution >= 4 is 38.5 Å². The number of benzene rings is 3. The lowest BCUT2D eigenvalue weighted by molar-refractivity contribution is 1.23. The fraction of sp³-hybridized carbons (Fsp3) is 0.0645. The van der Waals surface area contributed by atoms with Gasteiger partial charge in [0.25, 0.3) is 0 Å². The van der Waals surface area contributed by atoms with Crippen LogP contribution in [0.25, 0.3) is 60.7 Å². The van der Waals surface area contributed by atoms with Crippen molar-refractivity contribution in [3.05, 3.63) is 108 Å². The molecule has 4 aromatic heterocycles. The van der Waals surface area contributed by atoms with Gasteiger partial charge in [-0.05, 0) is 92.7 Å². The molecular formula is C31H18N4. The van der Waals surface area contributed by atoms with Gasteiger partial charge in [0.1, 0.15) is 11.3 Å². The number of pyridine rings is 3. The molecule has 0 bridgehead atoms. The number of imidazole rings is 1. The maximum Gasteiger partial charge on any atom is 0.149 e. The first kappa shape index (κ1) is 17.8. The number of rotatable bonds is 0. The van der Waals surface area contributed by atoms with Crippen LogP contribution >= 0.6 is 0 Å². The molecule has 0 atom stereocenters. The van der Waals surface area contributed by atoms with Crippen LogP contribution in [0.5, 0.6) is 0 Å². The van der Waals surface area contributed by atoms with Gasteiger partial charge in [-0.25, -0.2) is 9.97 Å². The van der Waals surface area contributed by atoms with Crippen molar-refractivity contribution in [1.82, 2.24) is 19.4 Å². The van der Waals surface area contributed by atoms with E-state index < -0.39 is 0 Å². The zero-order valence-electron chi connectivity index (χ0n) is 18.8. The molecule has 2 aliphatic carbocycles. The van der Waals surface area contributed by atoms with Gasteiger partial charge < -0.3 is 0 Å². The monoisotopic (exact) mass is 446 g/mol. The topological polar surface area (TPSA) is 43.1 Å². The number of fused-ring (bicyclic) bond motifs is 15. The van der Waals surface area contributed by atoms with Crippen molar-refractivity contribution < 1.29 is 0 Å². The lowest BCUT2D eigenvalue weighted by atomic mass is 9.98. The summed E-state index contributed by atoms with van der Waals surface area (Å²) in [6.45, 7) is 0. The first-order chi connectivity index (χ1) is 17.3. The first-order valence-electron chi connectivity index (χ1n) is 12.0. The van der Waals surface area contributed by atoms with Crippen LogP contribution in [-0.4, -0.2) is 19.4 Å². The van der Waals surface area contributed by atoms with Crippen molar-refractivity contribution in [1.29, 1.82) is 0 Å². The lowest BCUT2D eigenvalue weighted by Gasteiger charge is -2.08. The molecule has 0 saturated carbocycles. The molecule has 3 aromatic carbocycles. The molecule has 9 rings (SSSR count). The molecule has 4 heterocycles. The number of aromatic nitrogens is 4. The fourth-order valence-corrected chi connectivity index (χ4v) is 6.43. The lowest BCUT2D eigenvalue weighted by Crippen LogP contribution is -1.94. The summed E-state index contributed by atoms with van der Waals surface area (Å²) in [4.78, 5) is 14.5. The highest BCUT2D eigenvalue weighted by Crippen LogP contribution is 2.46. The Balaban J connectivity index is 1.35. The second kappa shape index (κ2) is 6.10. The smallest absolute Gasteiger partial charge is 0.149 e. The van der Waals surface area contributed by atoms with E-state index in [1.807, 2.05) is 24.7 Å². The molecule has 7 aromatic rings. The summed E-state index contributed by atoms with van der Waals surface area (Å²) >= 11 is 0. The average Bonchev–Trinajstić information content (AvgIpc) is 3.58. The molecule has 0 spiro atoms. The van der Waals surface area contributed by atoms with Gasteiger partial charge in [-0.1, -0.05) is 30.3 Å². The van der Waals surface area contributed by atoms with Gasteiger partial charge in [0.15, 0.2) is 0 Å². The minimum Gasteiger partial charge on any atom is -0.276 e. The van der Waals surface area contributed by atoms with Gasteiger partial charge in [0.05, 0.1) is 11.0 Å². The Morgan fingerprint density at radius 2 is 1.51 bits per heavy atom. The van der Waals surface area contributed by atoms with Crippen LogP contribution in [0.2, 0.25) is 0 Å². The minimum absolute atomic E-state index is 0.906. The SMILES string of the molecule is c1ccc2c(c1)Cc1cc3c(cc1-2)Cc1c-3ccc2c1nc1c3cnccc3c3cccnc3n21. The summed E-state index contributed by atoms with van der Waals surface area (Å²) in [6, 6.07) is 24.4. The number of hydrogen-bond donors (Lipinski definition) is 0. The molecule has 0 N–H and O–H groups in total. The highest BCUT2D eigenvalue weighted by molar-refractivity contribution is 6.13. The molecular weight excluding hydrogens is 428 g/mol. The highest BCUT2D eigenvalue weighted by Gasteiger charge is 2.28. The van der Waals surface area contributed by atoms with Crippen molar-refractivity contribution in [3.8, 4) is 22.3 Å². The fourth-order valence-electron chi connectivity index (χ4n) is 6.43. The maximum atomic E-state index is 5.25. The zero-order chi connectivity index (χ0) is 22.7. The average molecular weight is 447 g/mol. The van der Waals surface area contributed by atoms with Crippen LogP contribution in [0.3, 0.4) is 0 Å². The molecule has 2 aliphatic rings. The van der Waals surface area contributed by atoms with E-state index >= 15 is 0 Å². The zero-order valence-corrected chi connectivity index (χ0v) is 18.8. The number of nitrogens with zero attached hydrogens (tertiary/aromatic N) is 4. The normalized spacial score (nSPS) is 13.5. The van der Waals surface area contributed by atoms with Crippen LogP contribution in [0.4, 0.5) is 0 Å². The van der Waals surface area contributed by atoms with E-state index in [9.17, 15) is 0 Å². The predicted octanol–water partition coefficient (Wildman–Crippen LogP) is 6.73. The second-order valence-electron chi connectivity index (χ2n) is 9.70. The minimum atomic E-state index is 0.906. The van der Waals surface area contributed by atoms with Crippen molar-refractivity contribution in [2.75, 3.05) is 0 Å². The Bertz CT molecular complexity index is 2070. The molecule has 0 fully saturated rings. The third-order valence-electron chi connectivity index (χ3n) is 7.96. The third-order valence-corrected chi connectivity index (χ3v) is 7.96. The van der Waals surface area contributed by atoms with Crippen LogP contribution in [0.1, 0.15) is 22.3 Å². The van der Waals surface area contributed by atoms with E-state index in [-0.39, 0.29) is 0 Å². The Morgan fingerprint density at radius 3 is 2.49 bits per heavy atom. The molecule has 35 heavy (non-hydrogen) atoms. The standard InChI is InChI=1S/C31H18N4/c1-2-5-20-17(4-1)12-18-13-25-19(14-24(18)20)15-26-21(25)7-8-28-29(26)34-31-27-16-32-11-9-22(27)23-6-3-10-33-30(23)35(28)31/h1-11,13-14,16H,12,15H2. The molecule has 0 aliphatic heterocycles. The van der Waals surface area contributed by atoms with Gasteiger partial charge in [-0.15, -0.1) is 0 Å². The van der Waals surface area contributed by atoms with Crippen molar-refractivity contribution in [3.63, 3.8) is 0 Å². The van der Waals surface area contributed by atoms with Crippen molar-refractivity contribution in [2.45, 2.75) is 12.8 Å². The number of hydrogen-bond acceptors (Lipinski definition) is 3. The van der Waals surface area contributed by atoms with Gasteiger partial charge in [0.2, 0.25) is 0 Å². The first-order valence-corrected chi connectivity index (χ1v) is 12.0. The highest BCUT2D eigenvalue weighted by atomic mass is 15.1. The Morgan fingerprint density at radius 1 is 0.629 bits per heavy atom. The van der Waals surface area contributed by atoms with Gasteiger partial charge >= 0.3 is 0 Å².